The van der Waals surface area contributed by atoms with Crippen LogP contribution < -0.4 is 9.47 Å². The molecule has 6 nitrogen and oxygen atoms in total. The Labute approximate surface area is 134 Å². The number of benzene rings is 1. The van der Waals surface area contributed by atoms with Crippen LogP contribution in [0.4, 0.5) is 11.5 Å². The van der Waals surface area contributed by atoms with E-state index in [4.69, 9.17) is 9.47 Å². The Bertz CT molecular complexity index is 904. The molecule has 4 rings (SSSR count). The van der Waals surface area contributed by atoms with Crippen LogP contribution in [0.1, 0.15) is 5.69 Å². The molecule has 110 valence electrons. The Hall–Kier alpha value is -2.41. The highest BCUT2D eigenvalue weighted by atomic mass is 79.9. The predicted molar refractivity (Wildman–Crippen MR) is 84.4 cm³/mol. The van der Waals surface area contributed by atoms with Crippen LogP contribution in [0, 0.1) is 6.92 Å². The van der Waals surface area contributed by atoms with Gasteiger partial charge in [0.25, 0.3) is 0 Å². The number of rotatable bonds is 2. The third kappa shape index (κ3) is 2.23. The van der Waals surface area contributed by atoms with Crippen molar-refractivity contribution in [3.8, 4) is 11.5 Å². The fourth-order valence-electron chi connectivity index (χ4n) is 2.30. The fourth-order valence-corrected chi connectivity index (χ4v) is 2.63. The van der Waals surface area contributed by atoms with Crippen molar-refractivity contribution in [2.75, 3.05) is 6.79 Å². The Morgan fingerprint density at radius 3 is 2.91 bits per heavy atom. The van der Waals surface area contributed by atoms with Crippen molar-refractivity contribution in [1.82, 2.24) is 9.38 Å². The van der Waals surface area contributed by atoms with Crippen molar-refractivity contribution in [1.29, 1.82) is 0 Å². The van der Waals surface area contributed by atoms with Crippen molar-refractivity contribution in [3.05, 3.63) is 46.7 Å². The maximum atomic E-state index is 5.34. The lowest BCUT2D eigenvalue weighted by atomic mass is 10.3. The standard InChI is InChI=1S/C15H11BrN4O2/c1-9-15(20-7-10(16)2-5-14(20)17-9)19-18-11-3-4-12-13(6-11)22-8-21-12/h2-7H,8H2,1H3. The number of hydrogen-bond acceptors (Lipinski definition) is 5. The molecule has 0 radical (unpaired) electrons. The number of nitrogens with zero attached hydrogens (tertiary/aromatic N) is 4. The maximum Gasteiger partial charge on any atom is 0.231 e. The molecule has 1 aromatic carbocycles. The highest BCUT2D eigenvalue weighted by Gasteiger charge is 2.13. The summed E-state index contributed by atoms with van der Waals surface area (Å²) in [5.74, 6) is 2.12. The van der Waals surface area contributed by atoms with E-state index in [9.17, 15) is 0 Å². The van der Waals surface area contributed by atoms with Gasteiger partial charge in [-0.3, -0.25) is 4.40 Å². The van der Waals surface area contributed by atoms with Crippen LogP contribution in [0.15, 0.2) is 51.2 Å². The summed E-state index contributed by atoms with van der Waals surface area (Å²) in [7, 11) is 0. The Morgan fingerprint density at radius 1 is 1.14 bits per heavy atom. The SMILES string of the molecule is Cc1nc2ccc(Br)cn2c1N=Nc1ccc2c(c1)OCO2. The number of hydrogen-bond donors (Lipinski definition) is 0. The summed E-state index contributed by atoms with van der Waals surface area (Å²) >= 11 is 3.45. The van der Waals surface area contributed by atoms with Crippen LogP contribution >= 0.6 is 15.9 Å². The number of azo groups is 1. The van der Waals surface area contributed by atoms with E-state index in [1.807, 2.05) is 41.8 Å². The fraction of sp³-hybridized carbons (Fsp3) is 0.133. The van der Waals surface area contributed by atoms with Gasteiger partial charge in [-0.25, -0.2) is 4.98 Å². The highest BCUT2D eigenvalue weighted by Crippen LogP contribution is 2.35. The molecule has 1 aliphatic rings. The van der Waals surface area contributed by atoms with Gasteiger partial charge in [0.1, 0.15) is 5.65 Å². The average Bonchev–Trinajstić information content (AvgIpc) is 3.08. The molecule has 3 heterocycles. The van der Waals surface area contributed by atoms with E-state index in [1.165, 1.54) is 0 Å². The highest BCUT2D eigenvalue weighted by molar-refractivity contribution is 9.10. The summed E-state index contributed by atoms with van der Waals surface area (Å²) in [6.07, 6.45) is 1.92. The monoisotopic (exact) mass is 358 g/mol. The first-order valence-electron chi connectivity index (χ1n) is 6.66. The number of ether oxygens (including phenoxy) is 2. The molecule has 2 aromatic heterocycles. The number of pyridine rings is 1. The van der Waals surface area contributed by atoms with E-state index in [2.05, 4.69) is 31.1 Å². The molecule has 7 heteroatoms. The molecule has 0 atom stereocenters. The molecule has 0 N–H and O–H groups in total. The van der Waals surface area contributed by atoms with Gasteiger partial charge < -0.3 is 9.47 Å². The van der Waals surface area contributed by atoms with E-state index >= 15 is 0 Å². The molecule has 0 spiro atoms. The Morgan fingerprint density at radius 2 is 2.00 bits per heavy atom. The first-order chi connectivity index (χ1) is 10.7. The average molecular weight is 359 g/mol. The molecule has 0 bridgehead atoms. The molecule has 0 unspecified atom stereocenters. The minimum absolute atomic E-state index is 0.246. The second-order valence-corrected chi connectivity index (χ2v) is 5.75. The van der Waals surface area contributed by atoms with Crippen molar-refractivity contribution < 1.29 is 9.47 Å². The van der Waals surface area contributed by atoms with Crippen LogP contribution in [0.3, 0.4) is 0 Å². The summed E-state index contributed by atoms with van der Waals surface area (Å²) in [4.78, 5) is 4.47. The first kappa shape index (κ1) is 13.3. The summed E-state index contributed by atoms with van der Waals surface area (Å²) in [5.41, 5.74) is 2.36. The molecular weight excluding hydrogens is 348 g/mol. The lowest BCUT2D eigenvalue weighted by molar-refractivity contribution is 0.174. The zero-order chi connectivity index (χ0) is 15.1. The van der Waals surface area contributed by atoms with Gasteiger partial charge in [0.2, 0.25) is 6.79 Å². The normalized spacial score (nSPS) is 13.4. The lowest BCUT2D eigenvalue weighted by Gasteiger charge is -1.98. The van der Waals surface area contributed by atoms with E-state index in [0.717, 1.165) is 21.6 Å². The second kappa shape index (κ2) is 5.10. The molecule has 3 aromatic rings. The van der Waals surface area contributed by atoms with E-state index in [1.54, 1.807) is 6.07 Å². The third-order valence-electron chi connectivity index (χ3n) is 3.34. The Kier molecular flexibility index (Phi) is 3.07. The van der Waals surface area contributed by atoms with Gasteiger partial charge in [0.15, 0.2) is 17.3 Å². The molecule has 0 fully saturated rings. The van der Waals surface area contributed by atoms with Crippen molar-refractivity contribution in [2.24, 2.45) is 10.2 Å². The smallest absolute Gasteiger partial charge is 0.231 e. The van der Waals surface area contributed by atoms with Gasteiger partial charge in [-0.05, 0) is 47.1 Å². The van der Waals surface area contributed by atoms with E-state index < -0.39 is 0 Å². The van der Waals surface area contributed by atoms with Crippen LogP contribution in [0.5, 0.6) is 11.5 Å². The predicted octanol–water partition coefficient (Wildman–Crippen LogP) is 4.55. The number of aryl methyl sites for hydroxylation is 1. The van der Waals surface area contributed by atoms with Crippen molar-refractivity contribution in [2.45, 2.75) is 6.92 Å². The largest absolute Gasteiger partial charge is 0.454 e. The van der Waals surface area contributed by atoms with Gasteiger partial charge in [0, 0.05) is 16.7 Å². The zero-order valence-electron chi connectivity index (χ0n) is 11.7. The molecule has 0 saturated heterocycles. The summed E-state index contributed by atoms with van der Waals surface area (Å²) in [5, 5.41) is 8.62. The molecule has 0 aliphatic carbocycles. The third-order valence-corrected chi connectivity index (χ3v) is 3.81. The maximum absolute atomic E-state index is 5.34. The van der Waals surface area contributed by atoms with Gasteiger partial charge in [-0.2, -0.15) is 0 Å². The minimum atomic E-state index is 0.246. The van der Waals surface area contributed by atoms with Gasteiger partial charge in [0.05, 0.1) is 11.4 Å². The molecule has 1 aliphatic heterocycles. The molecule has 22 heavy (non-hydrogen) atoms. The van der Waals surface area contributed by atoms with Crippen molar-refractivity contribution >= 4 is 33.1 Å². The molecule has 0 amide bonds. The summed E-state index contributed by atoms with van der Waals surface area (Å²) in [6.45, 7) is 2.16. The summed E-state index contributed by atoms with van der Waals surface area (Å²) in [6, 6.07) is 9.34. The van der Waals surface area contributed by atoms with Gasteiger partial charge in [-0.15, -0.1) is 10.2 Å². The van der Waals surface area contributed by atoms with E-state index in [-0.39, 0.29) is 6.79 Å². The van der Waals surface area contributed by atoms with Gasteiger partial charge in [-0.1, -0.05) is 0 Å². The number of aromatic nitrogens is 2. The Balaban J connectivity index is 1.74. The van der Waals surface area contributed by atoms with Crippen LogP contribution in [0.2, 0.25) is 0 Å². The van der Waals surface area contributed by atoms with Crippen LogP contribution in [-0.4, -0.2) is 16.2 Å². The van der Waals surface area contributed by atoms with Crippen molar-refractivity contribution in [3.63, 3.8) is 0 Å². The molecular formula is C15H11BrN4O2. The molecule has 0 saturated carbocycles. The number of fused-ring (bicyclic) bond motifs is 2. The second-order valence-electron chi connectivity index (χ2n) is 4.83. The van der Waals surface area contributed by atoms with E-state index in [0.29, 0.717) is 17.3 Å². The van der Waals surface area contributed by atoms with Gasteiger partial charge >= 0.3 is 0 Å². The quantitative estimate of drug-likeness (QED) is 0.631. The number of imidazole rings is 1. The zero-order valence-corrected chi connectivity index (χ0v) is 13.2. The number of halogens is 1. The first-order valence-corrected chi connectivity index (χ1v) is 7.45. The topological polar surface area (TPSA) is 60.5 Å². The lowest BCUT2D eigenvalue weighted by Crippen LogP contribution is -1.92. The minimum Gasteiger partial charge on any atom is -0.454 e. The van der Waals surface area contributed by atoms with Crippen LogP contribution in [-0.2, 0) is 0 Å². The van der Waals surface area contributed by atoms with Crippen LogP contribution in [0.25, 0.3) is 5.65 Å². The summed E-state index contributed by atoms with van der Waals surface area (Å²) < 4.78 is 13.5.